The van der Waals surface area contributed by atoms with Crippen molar-refractivity contribution >= 4 is 60.2 Å². The summed E-state index contributed by atoms with van der Waals surface area (Å²) in [4.78, 5) is 2.21. The Kier molecular flexibility index (Phi) is 7.61. The van der Waals surface area contributed by atoms with Crippen LogP contribution >= 0.6 is 0 Å². The normalized spacial score (nSPS) is 11.2. The minimum atomic E-state index is 0.636. The molecule has 52 heavy (non-hydrogen) atoms. The van der Waals surface area contributed by atoms with E-state index in [1.165, 1.54) is 54.2 Å². The van der Waals surface area contributed by atoms with Crippen molar-refractivity contribution in [1.82, 2.24) is 0 Å². The molecule has 0 atom stereocenters. The predicted octanol–water partition coefficient (Wildman–Crippen LogP) is 13.6. The lowest BCUT2D eigenvalue weighted by molar-refractivity contribution is 1.26. The van der Waals surface area contributed by atoms with Gasteiger partial charge in [0.15, 0.2) is 0 Å². The van der Waals surface area contributed by atoms with E-state index >= 15 is 0 Å². The lowest BCUT2D eigenvalue weighted by atomic mass is 9.92. The van der Waals surface area contributed by atoms with E-state index in [2.05, 4.69) is 182 Å². The van der Waals surface area contributed by atoms with Crippen molar-refractivity contribution in [3.8, 4) is 28.3 Å². The number of anilines is 2. The van der Waals surface area contributed by atoms with Crippen LogP contribution in [0.1, 0.15) is 16.7 Å². The van der Waals surface area contributed by atoms with Gasteiger partial charge in [0.25, 0.3) is 0 Å². The van der Waals surface area contributed by atoms with Crippen LogP contribution in [0.3, 0.4) is 0 Å². The molecule has 0 aliphatic heterocycles. The van der Waals surface area contributed by atoms with Crippen LogP contribution in [0.4, 0.5) is 11.4 Å². The number of rotatable bonds is 6. The van der Waals surface area contributed by atoms with Crippen LogP contribution in [0.2, 0.25) is 0 Å². The molecule has 9 aromatic carbocycles. The summed E-state index contributed by atoms with van der Waals surface area (Å²) in [5, 5.41) is 19.6. The van der Waals surface area contributed by atoms with Gasteiger partial charge in [-0.25, -0.2) is 0 Å². The van der Waals surface area contributed by atoms with Gasteiger partial charge in [-0.1, -0.05) is 140 Å². The highest BCUT2D eigenvalue weighted by Crippen LogP contribution is 2.41. The van der Waals surface area contributed by atoms with Gasteiger partial charge in [-0.2, -0.15) is 5.26 Å². The lowest BCUT2D eigenvalue weighted by Gasteiger charge is -2.29. The molecule has 2 heteroatoms. The zero-order chi connectivity index (χ0) is 35.2. The lowest BCUT2D eigenvalue weighted by Crippen LogP contribution is -2.16. The Balaban J connectivity index is 1.13. The standard InChI is InChI=1S/C50H34N2/c1-33-29-35(32-51)19-28-50(33)52(41-26-24-38(25-27-41)49-31-40-12-4-6-14-43(40)45-16-8-10-18-47(45)49)34(2)36-20-22-37(23-21-36)48-30-39-11-3-5-13-42(39)44-15-7-9-17-46(44)48/h3-31H,2H2,1H3. The Morgan fingerprint density at radius 3 is 1.46 bits per heavy atom. The van der Waals surface area contributed by atoms with E-state index in [4.69, 9.17) is 0 Å². The molecule has 0 saturated heterocycles. The molecule has 0 N–H and O–H groups in total. The van der Waals surface area contributed by atoms with Crippen molar-refractivity contribution in [1.29, 1.82) is 5.26 Å². The molecule has 0 heterocycles. The molecule has 0 amide bonds. The minimum absolute atomic E-state index is 0.636. The number of hydrogen-bond acceptors (Lipinski definition) is 2. The summed E-state index contributed by atoms with van der Waals surface area (Å²) in [5.74, 6) is 0. The SMILES string of the molecule is C=C(c1ccc(-c2cc3ccccc3c3ccccc23)cc1)N(c1ccc(-c2cc3ccccc3c3ccccc23)cc1)c1ccc(C#N)cc1C. The average molecular weight is 663 g/mol. The highest BCUT2D eigenvalue weighted by atomic mass is 15.1. The Bertz CT molecular complexity index is 2870. The fraction of sp³-hybridized carbons (Fsp3) is 0.0200. The maximum atomic E-state index is 9.64. The quantitative estimate of drug-likeness (QED) is 0.166. The average Bonchev–Trinajstić information content (AvgIpc) is 3.21. The molecule has 0 spiro atoms. The van der Waals surface area contributed by atoms with Crippen LogP contribution in [0.15, 0.2) is 183 Å². The maximum absolute atomic E-state index is 9.64. The molecule has 0 fully saturated rings. The first-order valence-corrected chi connectivity index (χ1v) is 17.6. The van der Waals surface area contributed by atoms with E-state index in [1.54, 1.807) is 0 Å². The van der Waals surface area contributed by atoms with Gasteiger partial charge in [-0.3, -0.25) is 0 Å². The molecule has 0 bridgehead atoms. The number of nitriles is 1. The zero-order valence-electron chi connectivity index (χ0n) is 28.8. The van der Waals surface area contributed by atoms with Gasteiger partial charge in [0, 0.05) is 17.1 Å². The Hall–Kier alpha value is -6.95. The van der Waals surface area contributed by atoms with Crippen LogP contribution < -0.4 is 4.90 Å². The van der Waals surface area contributed by atoms with Gasteiger partial charge >= 0.3 is 0 Å². The van der Waals surface area contributed by atoms with E-state index in [0.717, 1.165) is 39.3 Å². The van der Waals surface area contributed by atoms with Crippen molar-refractivity contribution < 1.29 is 0 Å². The summed E-state index contributed by atoms with van der Waals surface area (Å²) in [7, 11) is 0. The third-order valence-corrected chi connectivity index (χ3v) is 10.3. The molecular formula is C50H34N2. The molecule has 0 aliphatic rings. The minimum Gasteiger partial charge on any atom is -0.310 e. The Labute approximate surface area is 303 Å². The van der Waals surface area contributed by atoms with E-state index in [0.29, 0.717) is 5.56 Å². The third-order valence-electron chi connectivity index (χ3n) is 10.3. The topological polar surface area (TPSA) is 27.0 Å². The van der Waals surface area contributed by atoms with E-state index < -0.39 is 0 Å². The van der Waals surface area contributed by atoms with Crippen LogP contribution in [0, 0.1) is 18.3 Å². The number of fused-ring (bicyclic) bond motifs is 6. The number of aryl methyl sites for hydroxylation is 1. The van der Waals surface area contributed by atoms with Gasteiger partial charge in [-0.05, 0) is 126 Å². The van der Waals surface area contributed by atoms with E-state index in [1.807, 2.05) is 18.2 Å². The number of nitrogens with zero attached hydrogens (tertiary/aromatic N) is 2. The van der Waals surface area contributed by atoms with Crippen molar-refractivity contribution in [3.05, 3.63) is 199 Å². The molecule has 0 saturated carbocycles. The highest BCUT2D eigenvalue weighted by molar-refractivity contribution is 6.15. The largest absolute Gasteiger partial charge is 0.310 e. The fourth-order valence-electron chi connectivity index (χ4n) is 7.76. The fourth-order valence-corrected chi connectivity index (χ4v) is 7.76. The van der Waals surface area contributed by atoms with Gasteiger partial charge in [0.2, 0.25) is 0 Å². The van der Waals surface area contributed by atoms with Crippen molar-refractivity contribution in [2.75, 3.05) is 4.90 Å². The van der Waals surface area contributed by atoms with Crippen molar-refractivity contribution in [2.24, 2.45) is 0 Å². The smallest absolute Gasteiger partial charge is 0.0991 e. The molecule has 244 valence electrons. The molecule has 0 unspecified atom stereocenters. The summed E-state index contributed by atoms with van der Waals surface area (Å²) in [6.07, 6.45) is 0. The van der Waals surface area contributed by atoms with Gasteiger partial charge in [0.1, 0.15) is 0 Å². The Morgan fingerprint density at radius 1 is 0.500 bits per heavy atom. The second kappa shape index (κ2) is 12.7. The predicted molar refractivity (Wildman–Crippen MR) is 221 cm³/mol. The summed E-state index contributed by atoms with van der Waals surface area (Å²) < 4.78 is 0. The summed E-state index contributed by atoms with van der Waals surface area (Å²) in [6.45, 7) is 6.73. The van der Waals surface area contributed by atoms with Crippen LogP contribution in [0.5, 0.6) is 0 Å². The first kappa shape index (κ1) is 31.1. The second-order valence-electron chi connectivity index (χ2n) is 13.4. The summed E-state index contributed by atoms with van der Waals surface area (Å²) in [6, 6.07) is 64.7. The molecule has 0 aromatic heterocycles. The van der Waals surface area contributed by atoms with Crippen LogP contribution in [0.25, 0.3) is 71.0 Å². The zero-order valence-corrected chi connectivity index (χ0v) is 28.8. The van der Waals surface area contributed by atoms with Gasteiger partial charge in [-0.15, -0.1) is 0 Å². The molecule has 2 nitrogen and oxygen atoms in total. The maximum Gasteiger partial charge on any atom is 0.0991 e. The molecule has 9 aromatic rings. The first-order chi connectivity index (χ1) is 25.6. The number of benzene rings is 9. The van der Waals surface area contributed by atoms with Crippen LogP contribution in [-0.4, -0.2) is 0 Å². The third kappa shape index (κ3) is 5.28. The summed E-state index contributed by atoms with van der Waals surface area (Å²) >= 11 is 0. The Morgan fingerprint density at radius 2 is 0.962 bits per heavy atom. The molecular weight excluding hydrogens is 629 g/mol. The van der Waals surface area contributed by atoms with Crippen molar-refractivity contribution in [2.45, 2.75) is 6.92 Å². The highest BCUT2D eigenvalue weighted by Gasteiger charge is 2.19. The van der Waals surface area contributed by atoms with Crippen LogP contribution in [-0.2, 0) is 0 Å². The van der Waals surface area contributed by atoms with E-state index in [9.17, 15) is 5.26 Å². The second-order valence-corrected chi connectivity index (χ2v) is 13.4. The first-order valence-electron chi connectivity index (χ1n) is 17.6. The van der Waals surface area contributed by atoms with E-state index in [-0.39, 0.29) is 0 Å². The van der Waals surface area contributed by atoms with Crippen molar-refractivity contribution in [3.63, 3.8) is 0 Å². The molecule has 9 rings (SSSR count). The molecule has 0 radical (unpaired) electrons. The molecule has 0 aliphatic carbocycles. The van der Waals surface area contributed by atoms with Gasteiger partial charge < -0.3 is 4.90 Å². The monoisotopic (exact) mass is 662 g/mol. The number of hydrogen-bond donors (Lipinski definition) is 0. The van der Waals surface area contributed by atoms with Gasteiger partial charge in [0.05, 0.1) is 11.6 Å². The summed E-state index contributed by atoms with van der Waals surface area (Å²) in [5.41, 5.74) is 10.2.